The third-order valence-corrected chi connectivity index (χ3v) is 6.15. The summed E-state index contributed by atoms with van der Waals surface area (Å²) >= 11 is 0. The highest BCUT2D eigenvalue weighted by Crippen LogP contribution is 2.33. The van der Waals surface area contributed by atoms with Gasteiger partial charge in [-0.15, -0.1) is 0 Å². The maximum Gasteiger partial charge on any atom is 0.309 e. The van der Waals surface area contributed by atoms with Gasteiger partial charge in [-0.3, -0.25) is 4.79 Å². The SMILES string of the molecule is CCOC(=O)C1CCN(c2cc(-c3nc(-c4ccc(OC)cc4)no3)c3ccccc3n2)CC1. The highest BCUT2D eigenvalue weighted by atomic mass is 16.5. The van der Waals surface area contributed by atoms with E-state index >= 15 is 0 Å². The molecule has 0 radical (unpaired) electrons. The summed E-state index contributed by atoms with van der Waals surface area (Å²) in [5.74, 6) is 2.39. The number of ether oxygens (including phenoxy) is 2. The molecule has 2 aromatic carbocycles. The first kappa shape index (κ1) is 21.9. The van der Waals surface area contributed by atoms with E-state index in [2.05, 4.69) is 15.0 Å². The summed E-state index contributed by atoms with van der Waals surface area (Å²) in [6.07, 6.45) is 1.48. The Balaban J connectivity index is 1.45. The number of piperidine rings is 1. The van der Waals surface area contributed by atoms with Gasteiger partial charge in [0.2, 0.25) is 5.82 Å². The topological polar surface area (TPSA) is 90.6 Å². The highest BCUT2D eigenvalue weighted by molar-refractivity contribution is 5.94. The van der Waals surface area contributed by atoms with Crippen LogP contribution in [0.4, 0.5) is 5.82 Å². The number of hydrogen-bond acceptors (Lipinski definition) is 8. The quantitative estimate of drug-likeness (QED) is 0.383. The number of pyridine rings is 1. The number of methoxy groups -OCH3 is 1. The zero-order chi connectivity index (χ0) is 23.5. The summed E-state index contributed by atoms with van der Waals surface area (Å²) in [7, 11) is 1.63. The molecule has 0 amide bonds. The molecule has 0 bridgehead atoms. The van der Waals surface area contributed by atoms with Crippen LogP contribution in [-0.4, -0.2) is 47.9 Å². The van der Waals surface area contributed by atoms with Gasteiger partial charge in [-0.25, -0.2) is 4.98 Å². The minimum absolute atomic E-state index is 0.0564. The van der Waals surface area contributed by atoms with Crippen LogP contribution >= 0.6 is 0 Å². The molecule has 0 N–H and O–H groups in total. The molecule has 8 heteroatoms. The second kappa shape index (κ2) is 9.51. The van der Waals surface area contributed by atoms with Crippen molar-refractivity contribution < 1.29 is 18.8 Å². The van der Waals surface area contributed by atoms with E-state index in [1.165, 1.54) is 0 Å². The molecule has 3 heterocycles. The van der Waals surface area contributed by atoms with Crippen molar-refractivity contribution in [3.63, 3.8) is 0 Å². The van der Waals surface area contributed by atoms with Gasteiger partial charge in [0.15, 0.2) is 0 Å². The first-order valence-electron chi connectivity index (χ1n) is 11.5. The minimum atomic E-state index is -0.105. The lowest BCUT2D eigenvalue weighted by Gasteiger charge is -2.32. The Hall–Kier alpha value is -3.94. The molecule has 2 aromatic heterocycles. The Morgan fingerprint density at radius 1 is 1.09 bits per heavy atom. The molecule has 4 aromatic rings. The molecular weight excluding hydrogens is 432 g/mol. The van der Waals surface area contributed by atoms with Gasteiger partial charge in [0, 0.05) is 24.0 Å². The fraction of sp³-hybridized carbons (Fsp3) is 0.308. The third kappa shape index (κ3) is 4.31. The number of hydrogen-bond donors (Lipinski definition) is 0. The van der Waals surface area contributed by atoms with E-state index in [4.69, 9.17) is 19.0 Å². The van der Waals surface area contributed by atoms with E-state index < -0.39 is 0 Å². The molecule has 0 spiro atoms. The van der Waals surface area contributed by atoms with E-state index in [9.17, 15) is 4.79 Å². The van der Waals surface area contributed by atoms with Gasteiger partial charge < -0.3 is 18.9 Å². The normalized spacial score (nSPS) is 14.4. The smallest absolute Gasteiger partial charge is 0.309 e. The van der Waals surface area contributed by atoms with E-state index in [0.29, 0.717) is 18.3 Å². The molecule has 1 fully saturated rings. The number of benzene rings is 2. The second-order valence-electron chi connectivity index (χ2n) is 8.21. The van der Waals surface area contributed by atoms with Crippen molar-refractivity contribution in [1.82, 2.24) is 15.1 Å². The first-order valence-corrected chi connectivity index (χ1v) is 11.5. The number of anilines is 1. The maximum absolute atomic E-state index is 12.1. The van der Waals surface area contributed by atoms with Crippen LogP contribution in [0, 0.1) is 5.92 Å². The fourth-order valence-electron chi connectivity index (χ4n) is 4.29. The number of para-hydroxylation sites is 1. The van der Waals surface area contributed by atoms with Crippen molar-refractivity contribution in [2.45, 2.75) is 19.8 Å². The van der Waals surface area contributed by atoms with Crippen molar-refractivity contribution in [2.75, 3.05) is 31.7 Å². The van der Waals surface area contributed by atoms with Crippen LogP contribution in [0.5, 0.6) is 5.75 Å². The molecule has 34 heavy (non-hydrogen) atoms. The number of nitrogens with zero attached hydrogens (tertiary/aromatic N) is 4. The summed E-state index contributed by atoms with van der Waals surface area (Å²) < 4.78 is 16.1. The van der Waals surface area contributed by atoms with Crippen LogP contribution in [0.1, 0.15) is 19.8 Å². The number of aromatic nitrogens is 3. The molecule has 0 aliphatic carbocycles. The van der Waals surface area contributed by atoms with Crippen molar-refractivity contribution in [1.29, 1.82) is 0 Å². The van der Waals surface area contributed by atoms with E-state index in [1.807, 2.05) is 61.5 Å². The standard InChI is InChI=1S/C26H26N4O4/c1-3-33-26(31)18-12-14-30(15-13-18)23-16-21(20-6-4-5-7-22(20)27-23)25-28-24(29-34-25)17-8-10-19(32-2)11-9-17/h4-11,16,18H,3,12-15H2,1-2H3. The van der Waals surface area contributed by atoms with Gasteiger partial charge in [0.1, 0.15) is 11.6 Å². The average molecular weight is 459 g/mol. The summed E-state index contributed by atoms with van der Waals surface area (Å²) in [5, 5.41) is 5.14. The second-order valence-corrected chi connectivity index (χ2v) is 8.21. The maximum atomic E-state index is 12.1. The molecule has 1 saturated heterocycles. The molecule has 1 aliphatic heterocycles. The molecule has 174 valence electrons. The third-order valence-electron chi connectivity index (χ3n) is 6.15. The van der Waals surface area contributed by atoms with Crippen molar-refractivity contribution in [2.24, 2.45) is 5.92 Å². The Morgan fingerprint density at radius 2 is 1.85 bits per heavy atom. The van der Waals surface area contributed by atoms with Gasteiger partial charge in [-0.2, -0.15) is 4.98 Å². The van der Waals surface area contributed by atoms with Gasteiger partial charge in [-0.1, -0.05) is 23.4 Å². The van der Waals surface area contributed by atoms with Crippen LogP contribution < -0.4 is 9.64 Å². The van der Waals surface area contributed by atoms with Gasteiger partial charge in [0.25, 0.3) is 5.89 Å². The molecule has 0 saturated carbocycles. The number of fused-ring (bicyclic) bond motifs is 1. The zero-order valence-corrected chi connectivity index (χ0v) is 19.2. The molecule has 8 nitrogen and oxygen atoms in total. The lowest BCUT2D eigenvalue weighted by molar-refractivity contribution is -0.148. The largest absolute Gasteiger partial charge is 0.497 e. The summed E-state index contributed by atoms with van der Waals surface area (Å²) in [6, 6.07) is 17.5. The molecule has 1 aliphatic rings. The van der Waals surface area contributed by atoms with Crippen LogP contribution in [0.3, 0.4) is 0 Å². The van der Waals surface area contributed by atoms with Crippen LogP contribution in [-0.2, 0) is 9.53 Å². The van der Waals surface area contributed by atoms with Gasteiger partial charge in [0.05, 0.1) is 30.7 Å². The average Bonchev–Trinajstić information content (AvgIpc) is 3.38. The molecule has 0 atom stereocenters. The predicted molar refractivity (Wildman–Crippen MR) is 129 cm³/mol. The Labute approximate surface area is 197 Å². The van der Waals surface area contributed by atoms with Crippen molar-refractivity contribution in [3.8, 4) is 28.6 Å². The zero-order valence-electron chi connectivity index (χ0n) is 19.2. The molecular formula is C26H26N4O4. The summed E-state index contributed by atoms with van der Waals surface area (Å²) in [4.78, 5) is 23.9. The Kier molecular flexibility index (Phi) is 6.12. The lowest BCUT2D eigenvalue weighted by atomic mass is 9.97. The Morgan fingerprint density at radius 3 is 2.59 bits per heavy atom. The van der Waals surface area contributed by atoms with Crippen molar-refractivity contribution >= 4 is 22.7 Å². The van der Waals surface area contributed by atoms with Crippen LogP contribution in [0.15, 0.2) is 59.1 Å². The summed E-state index contributed by atoms with van der Waals surface area (Å²) in [6.45, 7) is 3.72. The fourth-order valence-corrected chi connectivity index (χ4v) is 4.29. The molecule has 0 unspecified atom stereocenters. The number of rotatable bonds is 6. The van der Waals surface area contributed by atoms with E-state index in [1.54, 1.807) is 7.11 Å². The van der Waals surface area contributed by atoms with E-state index in [0.717, 1.165) is 59.5 Å². The minimum Gasteiger partial charge on any atom is -0.497 e. The lowest BCUT2D eigenvalue weighted by Crippen LogP contribution is -2.37. The summed E-state index contributed by atoms with van der Waals surface area (Å²) in [5.41, 5.74) is 2.53. The van der Waals surface area contributed by atoms with Crippen LogP contribution in [0.2, 0.25) is 0 Å². The van der Waals surface area contributed by atoms with Crippen molar-refractivity contribution in [3.05, 3.63) is 54.6 Å². The number of carbonyl (C=O) groups is 1. The first-order chi connectivity index (χ1) is 16.7. The monoisotopic (exact) mass is 458 g/mol. The number of carbonyl (C=O) groups excluding carboxylic acids is 1. The molecule has 5 rings (SSSR count). The number of esters is 1. The van der Waals surface area contributed by atoms with Crippen LogP contribution in [0.25, 0.3) is 33.7 Å². The van der Waals surface area contributed by atoms with E-state index in [-0.39, 0.29) is 11.9 Å². The van der Waals surface area contributed by atoms with Gasteiger partial charge in [-0.05, 0) is 56.2 Å². The highest BCUT2D eigenvalue weighted by Gasteiger charge is 2.27. The van der Waals surface area contributed by atoms with Gasteiger partial charge >= 0.3 is 5.97 Å². The predicted octanol–water partition coefficient (Wildman–Crippen LogP) is 4.74. The Bertz CT molecular complexity index is 1290.